The molecule has 0 aliphatic heterocycles. The van der Waals surface area contributed by atoms with Crippen molar-refractivity contribution in [2.45, 2.75) is 45.8 Å². The number of carboxylic acids is 1. The highest BCUT2D eigenvalue weighted by molar-refractivity contribution is 5.91. The lowest BCUT2D eigenvalue weighted by Crippen LogP contribution is -2.44. The van der Waals surface area contributed by atoms with Crippen LogP contribution in [-0.4, -0.2) is 45.6 Å². The van der Waals surface area contributed by atoms with Crippen LogP contribution in [0.5, 0.6) is 0 Å². The van der Waals surface area contributed by atoms with E-state index in [0.717, 1.165) is 0 Å². The van der Waals surface area contributed by atoms with Gasteiger partial charge in [0.05, 0.1) is 0 Å². The van der Waals surface area contributed by atoms with Crippen molar-refractivity contribution in [3.8, 4) is 0 Å². The number of alkyl carbamates (subject to hydrolysis) is 1. The number of amides is 1. The fourth-order valence-electron chi connectivity index (χ4n) is 1.79. The SMILES string of the molecule is C/C(N)=N/N=C(\N)Nc1ccc(CC(NC(=O)OC(C)(C)C)C(=O)O)cn1. The third-order valence-electron chi connectivity index (χ3n) is 2.83. The zero-order chi connectivity index (χ0) is 20.6. The van der Waals surface area contributed by atoms with E-state index in [1.54, 1.807) is 39.8 Å². The minimum atomic E-state index is -1.19. The van der Waals surface area contributed by atoms with Crippen molar-refractivity contribution in [1.29, 1.82) is 0 Å². The Bertz CT molecular complexity index is 719. The van der Waals surface area contributed by atoms with Crippen molar-refractivity contribution in [1.82, 2.24) is 10.3 Å². The number of aliphatic carboxylic acids is 1. The van der Waals surface area contributed by atoms with Crippen molar-refractivity contribution in [3.05, 3.63) is 23.9 Å². The van der Waals surface area contributed by atoms with Gasteiger partial charge in [-0.3, -0.25) is 0 Å². The topological polar surface area (TPSA) is 177 Å². The number of carboxylic acid groups (broad SMARTS) is 1. The van der Waals surface area contributed by atoms with Gasteiger partial charge in [0.2, 0.25) is 5.96 Å². The van der Waals surface area contributed by atoms with E-state index < -0.39 is 23.7 Å². The van der Waals surface area contributed by atoms with Gasteiger partial charge < -0.3 is 31.9 Å². The molecule has 0 bridgehead atoms. The summed E-state index contributed by atoms with van der Waals surface area (Å²) in [5, 5.41) is 21.6. The number of ether oxygens (including phenoxy) is 1. The number of nitrogens with two attached hydrogens (primary N) is 2. The zero-order valence-electron chi connectivity index (χ0n) is 15.7. The lowest BCUT2D eigenvalue weighted by molar-refractivity contribution is -0.139. The maximum Gasteiger partial charge on any atom is 0.408 e. The molecular formula is C16H25N7O4. The second-order valence-corrected chi connectivity index (χ2v) is 6.64. The molecule has 0 saturated carbocycles. The maximum atomic E-state index is 11.8. The summed E-state index contributed by atoms with van der Waals surface area (Å²) in [5.74, 6) is -0.554. The molecule has 1 atom stereocenters. The second kappa shape index (κ2) is 9.36. The Morgan fingerprint density at radius 1 is 1.30 bits per heavy atom. The van der Waals surface area contributed by atoms with Crippen LogP contribution >= 0.6 is 0 Å². The molecule has 0 aliphatic carbocycles. The molecule has 0 spiro atoms. The minimum Gasteiger partial charge on any atom is -0.480 e. The first-order chi connectivity index (χ1) is 12.5. The summed E-state index contributed by atoms with van der Waals surface area (Å²) < 4.78 is 5.07. The van der Waals surface area contributed by atoms with Crippen molar-refractivity contribution < 1.29 is 19.4 Å². The lowest BCUT2D eigenvalue weighted by atomic mass is 10.1. The molecule has 0 aromatic carbocycles. The van der Waals surface area contributed by atoms with Crippen molar-refractivity contribution in [3.63, 3.8) is 0 Å². The number of rotatable bonds is 6. The number of pyridine rings is 1. The molecule has 1 aromatic rings. The molecule has 148 valence electrons. The van der Waals surface area contributed by atoms with Crippen molar-refractivity contribution in [2.24, 2.45) is 21.7 Å². The molecule has 11 nitrogen and oxygen atoms in total. The minimum absolute atomic E-state index is 0.00458. The largest absolute Gasteiger partial charge is 0.480 e. The second-order valence-electron chi connectivity index (χ2n) is 6.64. The van der Waals surface area contributed by atoms with Crippen LogP contribution in [0.1, 0.15) is 33.3 Å². The third kappa shape index (κ3) is 9.05. The number of guanidine groups is 1. The number of hydrogen-bond donors (Lipinski definition) is 5. The quantitative estimate of drug-likeness (QED) is 0.271. The van der Waals surface area contributed by atoms with Crippen LogP contribution in [0.15, 0.2) is 28.5 Å². The molecular weight excluding hydrogens is 354 g/mol. The molecule has 0 aliphatic rings. The van der Waals surface area contributed by atoms with Gasteiger partial charge in [-0.15, -0.1) is 10.2 Å². The highest BCUT2D eigenvalue weighted by Crippen LogP contribution is 2.10. The molecule has 1 amide bonds. The summed E-state index contributed by atoms with van der Waals surface area (Å²) in [7, 11) is 0. The average molecular weight is 379 g/mol. The number of nitrogens with zero attached hydrogens (tertiary/aromatic N) is 3. The van der Waals surface area contributed by atoms with Crippen LogP contribution in [0, 0.1) is 0 Å². The number of carbonyl (C=O) groups excluding carboxylic acids is 1. The summed E-state index contributed by atoms with van der Waals surface area (Å²) in [6.07, 6.45) is 0.683. The normalized spacial score (nSPS) is 13.6. The highest BCUT2D eigenvalue weighted by atomic mass is 16.6. The highest BCUT2D eigenvalue weighted by Gasteiger charge is 2.24. The number of nitrogens with one attached hydrogen (secondary N) is 2. The Kier molecular flexibility index (Phi) is 7.51. The van der Waals surface area contributed by atoms with Gasteiger partial charge in [0, 0.05) is 12.6 Å². The van der Waals surface area contributed by atoms with Crippen LogP contribution in [-0.2, 0) is 16.0 Å². The average Bonchev–Trinajstić information content (AvgIpc) is 2.52. The molecule has 11 heteroatoms. The van der Waals surface area contributed by atoms with Crippen LogP contribution in [0.2, 0.25) is 0 Å². The van der Waals surface area contributed by atoms with E-state index in [9.17, 15) is 14.7 Å². The number of amidine groups is 1. The van der Waals surface area contributed by atoms with Gasteiger partial charge in [0.25, 0.3) is 0 Å². The summed E-state index contributed by atoms with van der Waals surface area (Å²) in [6.45, 7) is 6.63. The third-order valence-corrected chi connectivity index (χ3v) is 2.83. The van der Waals surface area contributed by atoms with Crippen LogP contribution in [0.3, 0.4) is 0 Å². The Balaban J connectivity index is 2.73. The van der Waals surface area contributed by atoms with Gasteiger partial charge in [-0.1, -0.05) is 6.07 Å². The molecule has 0 saturated heterocycles. The molecule has 1 heterocycles. The molecule has 1 aromatic heterocycles. The first-order valence-electron chi connectivity index (χ1n) is 8.03. The number of aromatic nitrogens is 1. The monoisotopic (exact) mass is 379 g/mol. The smallest absolute Gasteiger partial charge is 0.408 e. The van der Waals surface area contributed by atoms with Gasteiger partial charge in [-0.25, -0.2) is 14.6 Å². The van der Waals surface area contributed by atoms with E-state index in [-0.39, 0.29) is 18.2 Å². The molecule has 0 radical (unpaired) electrons. The first-order valence-corrected chi connectivity index (χ1v) is 8.03. The van der Waals surface area contributed by atoms with E-state index >= 15 is 0 Å². The Hall–Kier alpha value is -3.37. The predicted octanol–water partition coefficient (Wildman–Crippen LogP) is 0.621. The van der Waals surface area contributed by atoms with Crippen LogP contribution in [0.4, 0.5) is 10.6 Å². The summed E-state index contributed by atoms with van der Waals surface area (Å²) in [5.41, 5.74) is 10.8. The lowest BCUT2D eigenvalue weighted by Gasteiger charge is -2.22. The van der Waals surface area contributed by atoms with Gasteiger partial charge >= 0.3 is 12.1 Å². The van der Waals surface area contributed by atoms with E-state index in [1.165, 1.54) is 6.20 Å². The van der Waals surface area contributed by atoms with Gasteiger partial charge in [0.15, 0.2) is 0 Å². The Labute approximate surface area is 156 Å². The van der Waals surface area contributed by atoms with Crippen LogP contribution < -0.4 is 22.1 Å². The van der Waals surface area contributed by atoms with Crippen molar-refractivity contribution >= 4 is 29.7 Å². The zero-order valence-corrected chi connectivity index (χ0v) is 15.7. The summed E-state index contributed by atoms with van der Waals surface area (Å²) in [6, 6.07) is 2.07. The van der Waals surface area contributed by atoms with E-state index in [1.807, 2.05) is 0 Å². The maximum absolute atomic E-state index is 11.8. The molecule has 7 N–H and O–H groups in total. The fraction of sp³-hybridized carbons (Fsp3) is 0.438. The van der Waals surface area contributed by atoms with E-state index in [2.05, 4.69) is 25.8 Å². The van der Waals surface area contributed by atoms with Gasteiger partial charge in [0.1, 0.15) is 23.3 Å². The summed E-state index contributed by atoms with van der Waals surface area (Å²) in [4.78, 5) is 27.3. The van der Waals surface area contributed by atoms with Gasteiger partial charge in [-0.2, -0.15) is 0 Å². The van der Waals surface area contributed by atoms with Crippen molar-refractivity contribution in [2.75, 3.05) is 5.32 Å². The fourth-order valence-corrected chi connectivity index (χ4v) is 1.79. The molecule has 1 unspecified atom stereocenters. The Morgan fingerprint density at radius 3 is 2.44 bits per heavy atom. The Morgan fingerprint density at radius 2 is 1.96 bits per heavy atom. The predicted molar refractivity (Wildman–Crippen MR) is 101 cm³/mol. The molecule has 1 rings (SSSR count). The van der Waals surface area contributed by atoms with E-state index in [0.29, 0.717) is 11.4 Å². The number of hydrogen-bond acceptors (Lipinski definition) is 6. The summed E-state index contributed by atoms with van der Waals surface area (Å²) >= 11 is 0. The number of carbonyl (C=O) groups is 2. The van der Waals surface area contributed by atoms with Gasteiger partial charge in [-0.05, 0) is 39.3 Å². The molecule has 0 fully saturated rings. The standard InChI is InChI=1S/C16H25N7O4/c1-9(17)22-23-14(18)21-12-6-5-10(8-19-12)7-11(13(24)25)20-15(26)27-16(2,3)4/h5-6,8,11H,7H2,1-4H3,(H2,17,22)(H,20,26)(H,24,25)(H3,18,19,21,23). The number of anilines is 1. The molecule has 27 heavy (non-hydrogen) atoms. The van der Waals surface area contributed by atoms with E-state index in [4.69, 9.17) is 16.2 Å². The van der Waals surface area contributed by atoms with Crippen LogP contribution in [0.25, 0.3) is 0 Å². The first kappa shape index (κ1) is 21.7.